The van der Waals surface area contributed by atoms with Crippen LogP contribution in [0.2, 0.25) is 0 Å². The summed E-state index contributed by atoms with van der Waals surface area (Å²) >= 11 is 0. The van der Waals surface area contributed by atoms with Gasteiger partial charge in [-0.05, 0) is 64.8 Å². The van der Waals surface area contributed by atoms with Gasteiger partial charge in [0.05, 0.1) is 0 Å². The third kappa shape index (κ3) is 3.76. The van der Waals surface area contributed by atoms with Gasteiger partial charge in [0.25, 0.3) is 0 Å². The number of likely N-dealkylation sites (N-methyl/N-ethyl adjacent to an activating group) is 2. The summed E-state index contributed by atoms with van der Waals surface area (Å²) in [6, 6.07) is 0.573. The van der Waals surface area contributed by atoms with E-state index in [0.717, 1.165) is 32.5 Å². The van der Waals surface area contributed by atoms with Crippen molar-refractivity contribution in [1.82, 2.24) is 15.1 Å². The van der Waals surface area contributed by atoms with Crippen LogP contribution >= 0.6 is 0 Å². The van der Waals surface area contributed by atoms with E-state index in [0.29, 0.717) is 12.0 Å². The molecule has 1 amide bonds. The van der Waals surface area contributed by atoms with Gasteiger partial charge in [0.1, 0.15) is 5.54 Å². The number of rotatable bonds is 8. The van der Waals surface area contributed by atoms with E-state index < -0.39 is 5.54 Å². The molecule has 21 heavy (non-hydrogen) atoms. The maximum absolute atomic E-state index is 12.1. The number of amides is 1. The second kappa shape index (κ2) is 7.07. The molecule has 1 aliphatic carbocycles. The quantitative estimate of drug-likeness (QED) is 0.690. The number of hydrogen-bond acceptors (Lipinski definition) is 4. The molecule has 0 spiro atoms. The Labute approximate surface area is 129 Å². The Balaban J connectivity index is 1.98. The van der Waals surface area contributed by atoms with Crippen LogP contribution in [0.5, 0.6) is 0 Å². The lowest BCUT2D eigenvalue weighted by molar-refractivity contribution is -0.126. The second-order valence-corrected chi connectivity index (χ2v) is 6.72. The molecule has 122 valence electrons. The summed E-state index contributed by atoms with van der Waals surface area (Å²) in [5, 5.41) is 3.42. The van der Waals surface area contributed by atoms with Crippen molar-refractivity contribution in [2.24, 2.45) is 11.7 Å². The topological polar surface area (TPSA) is 61.6 Å². The van der Waals surface area contributed by atoms with Crippen LogP contribution in [-0.2, 0) is 4.79 Å². The average molecular weight is 296 g/mol. The number of primary amides is 1. The van der Waals surface area contributed by atoms with E-state index in [1.54, 1.807) is 0 Å². The second-order valence-electron chi connectivity index (χ2n) is 6.72. The number of nitrogens with one attached hydrogen (secondary N) is 1. The summed E-state index contributed by atoms with van der Waals surface area (Å²) in [5.74, 6) is 0.248. The fourth-order valence-corrected chi connectivity index (χ4v) is 3.79. The lowest BCUT2D eigenvalue weighted by Gasteiger charge is -2.41. The van der Waals surface area contributed by atoms with Crippen LogP contribution < -0.4 is 11.1 Å². The van der Waals surface area contributed by atoms with Crippen molar-refractivity contribution in [2.75, 3.05) is 39.8 Å². The van der Waals surface area contributed by atoms with Gasteiger partial charge in [-0.3, -0.25) is 4.79 Å². The SMILES string of the molecule is CCNC(CN(C)C1CCN(CC)CC1)(C(N)=O)C1CC1. The summed E-state index contributed by atoms with van der Waals surface area (Å²) < 4.78 is 0. The van der Waals surface area contributed by atoms with Crippen molar-refractivity contribution in [3.8, 4) is 0 Å². The number of piperidine rings is 1. The maximum Gasteiger partial charge on any atom is 0.239 e. The molecule has 2 fully saturated rings. The molecule has 2 aliphatic rings. The Bertz CT molecular complexity index is 350. The summed E-state index contributed by atoms with van der Waals surface area (Å²) in [6.07, 6.45) is 4.63. The van der Waals surface area contributed by atoms with E-state index in [-0.39, 0.29) is 5.91 Å². The van der Waals surface area contributed by atoms with Gasteiger partial charge >= 0.3 is 0 Å². The lowest BCUT2D eigenvalue weighted by Crippen LogP contribution is -2.64. The smallest absolute Gasteiger partial charge is 0.239 e. The zero-order valence-corrected chi connectivity index (χ0v) is 13.9. The van der Waals surface area contributed by atoms with Gasteiger partial charge in [0, 0.05) is 12.6 Å². The largest absolute Gasteiger partial charge is 0.368 e. The van der Waals surface area contributed by atoms with E-state index in [2.05, 4.69) is 36.0 Å². The molecule has 0 aromatic carbocycles. The first kappa shape index (κ1) is 16.7. The molecule has 1 atom stereocenters. The Hall–Kier alpha value is -0.650. The predicted molar refractivity (Wildman–Crippen MR) is 86.1 cm³/mol. The van der Waals surface area contributed by atoms with Gasteiger partial charge < -0.3 is 20.9 Å². The molecule has 0 aromatic heterocycles. The fraction of sp³-hybridized carbons (Fsp3) is 0.938. The molecule has 1 unspecified atom stereocenters. The van der Waals surface area contributed by atoms with Crippen molar-refractivity contribution in [3.63, 3.8) is 0 Å². The number of carbonyl (C=O) groups excluding carboxylic acids is 1. The zero-order valence-electron chi connectivity index (χ0n) is 13.9. The molecule has 0 radical (unpaired) electrons. The van der Waals surface area contributed by atoms with E-state index in [1.165, 1.54) is 25.9 Å². The predicted octanol–water partition coefficient (Wildman–Crippen LogP) is 0.646. The highest BCUT2D eigenvalue weighted by Gasteiger charge is 2.50. The Morgan fingerprint density at radius 1 is 1.29 bits per heavy atom. The van der Waals surface area contributed by atoms with Crippen molar-refractivity contribution in [1.29, 1.82) is 0 Å². The molecular formula is C16H32N4O. The third-order valence-corrected chi connectivity index (χ3v) is 5.33. The minimum absolute atomic E-state index is 0.176. The molecule has 0 aromatic rings. The molecule has 1 heterocycles. The molecule has 1 saturated heterocycles. The first-order valence-electron chi connectivity index (χ1n) is 8.51. The van der Waals surface area contributed by atoms with Gasteiger partial charge in [-0.2, -0.15) is 0 Å². The molecule has 5 heteroatoms. The highest BCUT2D eigenvalue weighted by Crippen LogP contribution is 2.40. The summed E-state index contributed by atoms with van der Waals surface area (Å²) in [7, 11) is 2.16. The van der Waals surface area contributed by atoms with E-state index in [1.807, 2.05) is 0 Å². The maximum atomic E-state index is 12.1. The molecular weight excluding hydrogens is 264 g/mol. The minimum Gasteiger partial charge on any atom is -0.368 e. The van der Waals surface area contributed by atoms with Crippen molar-refractivity contribution in [3.05, 3.63) is 0 Å². The van der Waals surface area contributed by atoms with Crippen LogP contribution in [0.15, 0.2) is 0 Å². The average Bonchev–Trinajstić information content (AvgIpc) is 3.31. The van der Waals surface area contributed by atoms with E-state index in [4.69, 9.17) is 5.73 Å². The van der Waals surface area contributed by atoms with E-state index >= 15 is 0 Å². The number of nitrogens with two attached hydrogens (primary N) is 1. The number of hydrogen-bond donors (Lipinski definition) is 2. The normalized spacial score (nSPS) is 24.2. The first-order chi connectivity index (χ1) is 10.0. The molecule has 1 aliphatic heterocycles. The molecule has 0 bridgehead atoms. The van der Waals surface area contributed by atoms with Gasteiger partial charge in [0.2, 0.25) is 5.91 Å². The van der Waals surface area contributed by atoms with Crippen LogP contribution in [0.1, 0.15) is 39.5 Å². The summed E-state index contributed by atoms with van der Waals surface area (Å²) in [5.41, 5.74) is 5.26. The fourth-order valence-electron chi connectivity index (χ4n) is 3.79. The highest BCUT2D eigenvalue weighted by atomic mass is 16.1. The van der Waals surface area contributed by atoms with E-state index in [9.17, 15) is 4.79 Å². The molecule has 2 rings (SSSR count). The van der Waals surface area contributed by atoms with Crippen molar-refractivity contribution < 1.29 is 4.79 Å². The minimum atomic E-state index is -0.522. The molecule has 5 nitrogen and oxygen atoms in total. The monoisotopic (exact) mass is 296 g/mol. The summed E-state index contributed by atoms with van der Waals surface area (Å²) in [6.45, 7) is 9.29. The van der Waals surface area contributed by atoms with Crippen molar-refractivity contribution >= 4 is 5.91 Å². The standard InChI is InChI=1S/C16H32N4O/c1-4-18-16(15(17)21,13-6-7-13)12-19(3)14-8-10-20(5-2)11-9-14/h13-14,18H,4-12H2,1-3H3,(H2,17,21). The Kier molecular flexibility index (Phi) is 5.63. The molecule has 3 N–H and O–H groups in total. The van der Waals surface area contributed by atoms with Crippen LogP contribution in [0, 0.1) is 5.92 Å². The van der Waals surface area contributed by atoms with Crippen LogP contribution in [0.3, 0.4) is 0 Å². The van der Waals surface area contributed by atoms with Crippen LogP contribution in [0.25, 0.3) is 0 Å². The van der Waals surface area contributed by atoms with Gasteiger partial charge in [-0.15, -0.1) is 0 Å². The van der Waals surface area contributed by atoms with Gasteiger partial charge in [0.15, 0.2) is 0 Å². The highest BCUT2D eigenvalue weighted by molar-refractivity contribution is 5.86. The summed E-state index contributed by atoms with van der Waals surface area (Å²) in [4.78, 5) is 17.0. The molecule has 1 saturated carbocycles. The first-order valence-corrected chi connectivity index (χ1v) is 8.51. The van der Waals surface area contributed by atoms with Gasteiger partial charge in [-0.1, -0.05) is 13.8 Å². The van der Waals surface area contributed by atoms with Gasteiger partial charge in [-0.25, -0.2) is 0 Å². The number of carbonyl (C=O) groups is 1. The van der Waals surface area contributed by atoms with Crippen LogP contribution in [0.4, 0.5) is 0 Å². The number of nitrogens with zero attached hydrogens (tertiary/aromatic N) is 2. The lowest BCUT2D eigenvalue weighted by atomic mass is 9.90. The number of likely N-dealkylation sites (tertiary alicyclic amines) is 1. The Morgan fingerprint density at radius 2 is 1.90 bits per heavy atom. The third-order valence-electron chi connectivity index (χ3n) is 5.33. The van der Waals surface area contributed by atoms with Crippen LogP contribution in [-0.4, -0.2) is 67.1 Å². The zero-order chi connectivity index (χ0) is 15.5. The Morgan fingerprint density at radius 3 is 2.33 bits per heavy atom. The van der Waals surface area contributed by atoms with Crippen molar-refractivity contribution in [2.45, 2.75) is 51.1 Å².